The molecular formula is C14H19ClN2O2. The van der Waals surface area contributed by atoms with Gasteiger partial charge in [0.05, 0.1) is 6.54 Å². The molecule has 19 heavy (non-hydrogen) atoms. The van der Waals surface area contributed by atoms with Gasteiger partial charge in [0.1, 0.15) is 0 Å². The number of carbonyl (C=O) groups is 1. The molecule has 2 N–H and O–H groups in total. The minimum absolute atomic E-state index is 0.0402. The summed E-state index contributed by atoms with van der Waals surface area (Å²) in [5.41, 5.74) is 1.12. The minimum Gasteiger partial charge on any atom is -0.396 e. The molecule has 0 radical (unpaired) electrons. The molecule has 1 saturated heterocycles. The molecule has 4 nitrogen and oxygen atoms in total. The van der Waals surface area contributed by atoms with E-state index in [-0.39, 0.29) is 12.5 Å². The van der Waals surface area contributed by atoms with Crippen molar-refractivity contribution >= 4 is 17.5 Å². The fourth-order valence-corrected chi connectivity index (χ4v) is 2.43. The van der Waals surface area contributed by atoms with Gasteiger partial charge in [0.25, 0.3) is 0 Å². The summed E-state index contributed by atoms with van der Waals surface area (Å²) in [6.45, 7) is 2.89. The molecule has 1 aliphatic heterocycles. The van der Waals surface area contributed by atoms with Crippen LogP contribution in [-0.2, 0) is 11.2 Å². The number of halogens is 1. The van der Waals surface area contributed by atoms with E-state index in [0.717, 1.165) is 30.1 Å². The minimum atomic E-state index is 0.0402. The van der Waals surface area contributed by atoms with Crippen LogP contribution in [0.25, 0.3) is 0 Å². The molecule has 0 aliphatic carbocycles. The van der Waals surface area contributed by atoms with Crippen LogP contribution in [0.3, 0.4) is 0 Å². The zero-order valence-corrected chi connectivity index (χ0v) is 11.6. The number of rotatable bonds is 6. The lowest BCUT2D eigenvalue weighted by molar-refractivity contribution is -0.124. The second kappa shape index (κ2) is 6.89. The van der Waals surface area contributed by atoms with Crippen molar-refractivity contribution in [3.05, 3.63) is 34.9 Å². The lowest BCUT2D eigenvalue weighted by Gasteiger charge is -2.37. The van der Waals surface area contributed by atoms with E-state index in [2.05, 4.69) is 5.32 Å². The summed E-state index contributed by atoms with van der Waals surface area (Å²) in [5, 5.41) is 12.5. The van der Waals surface area contributed by atoms with Crippen molar-refractivity contribution in [2.75, 3.05) is 32.8 Å². The predicted octanol–water partition coefficient (Wildman–Crippen LogP) is 0.923. The number of aliphatic hydroxyl groups excluding tert-OH is 1. The van der Waals surface area contributed by atoms with Crippen LogP contribution < -0.4 is 5.32 Å². The summed E-state index contributed by atoms with van der Waals surface area (Å²) >= 11 is 5.89. The quantitative estimate of drug-likeness (QED) is 0.816. The molecule has 1 aromatic carbocycles. The molecule has 1 aliphatic rings. The summed E-state index contributed by atoms with van der Waals surface area (Å²) in [6, 6.07) is 7.66. The molecule has 0 aromatic heterocycles. The zero-order chi connectivity index (χ0) is 13.7. The van der Waals surface area contributed by atoms with Gasteiger partial charge in [0, 0.05) is 37.2 Å². The van der Waals surface area contributed by atoms with E-state index in [4.69, 9.17) is 16.7 Å². The number of carbonyl (C=O) groups excluding carboxylic acids is 1. The third-order valence-electron chi connectivity index (χ3n) is 3.28. The number of likely N-dealkylation sites (tertiary alicyclic amines) is 1. The Labute approximate surface area is 118 Å². The van der Waals surface area contributed by atoms with Crippen molar-refractivity contribution in [2.24, 2.45) is 5.92 Å². The van der Waals surface area contributed by atoms with E-state index in [1.165, 1.54) is 0 Å². The Morgan fingerprint density at radius 1 is 1.47 bits per heavy atom. The second-order valence-electron chi connectivity index (χ2n) is 4.97. The maximum Gasteiger partial charge on any atom is 0.234 e. The second-order valence-corrected chi connectivity index (χ2v) is 5.41. The first-order chi connectivity index (χ1) is 9.17. The highest BCUT2D eigenvalue weighted by atomic mass is 35.5. The Morgan fingerprint density at radius 2 is 2.26 bits per heavy atom. The van der Waals surface area contributed by atoms with Crippen LogP contribution in [0.2, 0.25) is 5.02 Å². The zero-order valence-electron chi connectivity index (χ0n) is 10.8. The highest BCUT2D eigenvalue weighted by molar-refractivity contribution is 6.30. The monoisotopic (exact) mass is 282 g/mol. The summed E-state index contributed by atoms with van der Waals surface area (Å²) < 4.78 is 0. The third kappa shape index (κ3) is 4.49. The van der Waals surface area contributed by atoms with Crippen LogP contribution in [0, 0.1) is 5.92 Å². The molecule has 0 saturated carbocycles. The first kappa shape index (κ1) is 14.3. The SMILES string of the molecule is O=C(CN1CC(CO)C1)NCCc1cccc(Cl)c1. The van der Waals surface area contributed by atoms with Crippen LogP contribution in [0.15, 0.2) is 24.3 Å². The van der Waals surface area contributed by atoms with E-state index in [0.29, 0.717) is 19.0 Å². The highest BCUT2D eigenvalue weighted by Gasteiger charge is 2.26. The van der Waals surface area contributed by atoms with Crippen molar-refractivity contribution in [2.45, 2.75) is 6.42 Å². The molecule has 1 aromatic rings. The van der Waals surface area contributed by atoms with E-state index >= 15 is 0 Å². The molecule has 5 heteroatoms. The highest BCUT2D eigenvalue weighted by Crippen LogP contribution is 2.13. The van der Waals surface area contributed by atoms with Crippen molar-refractivity contribution in [1.29, 1.82) is 0 Å². The largest absolute Gasteiger partial charge is 0.396 e. The number of amides is 1. The van der Waals surface area contributed by atoms with Crippen LogP contribution >= 0.6 is 11.6 Å². The van der Waals surface area contributed by atoms with Gasteiger partial charge >= 0.3 is 0 Å². The Balaban J connectivity index is 1.62. The fraction of sp³-hybridized carbons (Fsp3) is 0.500. The van der Waals surface area contributed by atoms with Crippen molar-refractivity contribution in [1.82, 2.24) is 10.2 Å². The van der Waals surface area contributed by atoms with Gasteiger partial charge in [-0.15, -0.1) is 0 Å². The van der Waals surface area contributed by atoms with E-state index in [1.807, 2.05) is 29.2 Å². The Hall–Kier alpha value is -1.10. The normalized spacial score (nSPS) is 16.1. The Kier molecular flexibility index (Phi) is 5.19. The van der Waals surface area contributed by atoms with Gasteiger partial charge in [-0.3, -0.25) is 9.69 Å². The van der Waals surface area contributed by atoms with Crippen LogP contribution in [-0.4, -0.2) is 48.7 Å². The maximum atomic E-state index is 11.7. The van der Waals surface area contributed by atoms with Gasteiger partial charge in [-0.2, -0.15) is 0 Å². The lowest BCUT2D eigenvalue weighted by Crippen LogP contribution is -2.52. The summed E-state index contributed by atoms with van der Waals surface area (Å²) in [4.78, 5) is 13.7. The topological polar surface area (TPSA) is 52.6 Å². The van der Waals surface area contributed by atoms with Gasteiger partial charge in [0.2, 0.25) is 5.91 Å². The Morgan fingerprint density at radius 3 is 2.95 bits per heavy atom. The standard InChI is InChI=1S/C14H19ClN2O2/c15-13-3-1-2-11(6-13)4-5-16-14(19)9-17-7-12(8-17)10-18/h1-3,6,12,18H,4-5,7-10H2,(H,16,19). The van der Waals surface area contributed by atoms with E-state index in [1.54, 1.807) is 0 Å². The molecule has 2 rings (SSSR count). The first-order valence-corrected chi connectivity index (χ1v) is 6.89. The smallest absolute Gasteiger partial charge is 0.234 e. The number of aliphatic hydroxyl groups is 1. The molecule has 1 amide bonds. The maximum absolute atomic E-state index is 11.7. The molecule has 1 fully saturated rings. The van der Waals surface area contributed by atoms with Crippen molar-refractivity contribution in [3.8, 4) is 0 Å². The number of hydrogen-bond acceptors (Lipinski definition) is 3. The van der Waals surface area contributed by atoms with E-state index < -0.39 is 0 Å². The summed E-state index contributed by atoms with van der Waals surface area (Å²) in [7, 11) is 0. The molecule has 1 heterocycles. The number of nitrogens with one attached hydrogen (secondary N) is 1. The average molecular weight is 283 g/mol. The van der Waals surface area contributed by atoms with Gasteiger partial charge in [0.15, 0.2) is 0 Å². The Bertz CT molecular complexity index is 433. The van der Waals surface area contributed by atoms with Gasteiger partial charge in [-0.25, -0.2) is 0 Å². The van der Waals surface area contributed by atoms with Gasteiger partial charge in [-0.05, 0) is 24.1 Å². The lowest BCUT2D eigenvalue weighted by atomic mass is 10.0. The van der Waals surface area contributed by atoms with Crippen molar-refractivity contribution < 1.29 is 9.90 Å². The molecular weight excluding hydrogens is 264 g/mol. The van der Waals surface area contributed by atoms with Crippen LogP contribution in [0.4, 0.5) is 0 Å². The summed E-state index contributed by atoms with van der Waals surface area (Å²) in [5.74, 6) is 0.387. The first-order valence-electron chi connectivity index (χ1n) is 6.51. The molecule has 104 valence electrons. The predicted molar refractivity (Wildman–Crippen MR) is 75.2 cm³/mol. The summed E-state index contributed by atoms with van der Waals surface area (Å²) in [6.07, 6.45) is 0.783. The number of nitrogens with zero attached hydrogens (tertiary/aromatic N) is 1. The molecule has 0 atom stereocenters. The van der Waals surface area contributed by atoms with Crippen molar-refractivity contribution in [3.63, 3.8) is 0 Å². The van der Waals surface area contributed by atoms with Crippen LogP contribution in [0.1, 0.15) is 5.56 Å². The number of hydrogen-bond donors (Lipinski definition) is 2. The molecule has 0 spiro atoms. The van der Waals surface area contributed by atoms with Crippen LogP contribution in [0.5, 0.6) is 0 Å². The molecule has 0 unspecified atom stereocenters. The number of benzene rings is 1. The molecule has 0 bridgehead atoms. The average Bonchev–Trinajstić information content (AvgIpc) is 2.33. The third-order valence-corrected chi connectivity index (χ3v) is 3.52. The van der Waals surface area contributed by atoms with E-state index in [9.17, 15) is 4.79 Å². The van der Waals surface area contributed by atoms with Gasteiger partial charge in [-0.1, -0.05) is 23.7 Å². The van der Waals surface area contributed by atoms with Gasteiger partial charge < -0.3 is 10.4 Å². The fourth-order valence-electron chi connectivity index (χ4n) is 2.22.